The molecule has 1 rings (SSSR count). The second-order valence-electron chi connectivity index (χ2n) is 4.47. The van der Waals surface area contributed by atoms with E-state index >= 15 is 0 Å². The molecule has 0 heterocycles. The Morgan fingerprint density at radius 2 is 2.26 bits per heavy atom. The van der Waals surface area contributed by atoms with Gasteiger partial charge in [0.2, 0.25) is 5.91 Å². The van der Waals surface area contributed by atoms with Crippen LogP contribution >= 0.6 is 11.6 Å². The molecule has 3 N–H and O–H groups in total. The largest absolute Gasteiger partial charge is 0.325 e. The number of benzene rings is 1. The Morgan fingerprint density at radius 3 is 2.89 bits per heavy atom. The molecule has 102 valence electrons. The minimum Gasteiger partial charge on any atom is -0.325 e. The molecule has 0 aliphatic carbocycles. The monoisotopic (exact) mass is 278 g/mol. The molecule has 0 saturated carbocycles. The molecule has 0 fully saturated rings. The van der Waals surface area contributed by atoms with Gasteiger partial charge >= 0.3 is 0 Å². The van der Waals surface area contributed by atoms with Gasteiger partial charge in [0.25, 0.3) is 0 Å². The highest BCUT2D eigenvalue weighted by molar-refractivity contribution is 6.33. The van der Waals surface area contributed by atoms with Crippen molar-refractivity contribution in [1.29, 1.82) is 0 Å². The predicted molar refractivity (Wildman–Crippen MR) is 80.1 cm³/mol. The molecule has 3 nitrogen and oxygen atoms in total. The van der Waals surface area contributed by atoms with Gasteiger partial charge in [0.05, 0.1) is 17.3 Å². The van der Waals surface area contributed by atoms with Crippen LogP contribution in [0.1, 0.15) is 32.3 Å². The first-order valence-electron chi connectivity index (χ1n) is 6.35. The summed E-state index contributed by atoms with van der Waals surface area (Å²) < 4.78 is 0. The maximum Gasteiger partial charge on any atom is 0.224 e. The van der Waals surface area contributed by atoms with Crippen LogP contribution in [0.2, 0.25) is 5.02 Å². The first-order chi connectivity index (χ1) is 9.06. The summed E-state index contributed by atoms with van der Waals surface area (Å²) >= 11 is 6.06. The molecule has 4 heteroatoms. The van der Waals surface area contributed by atoms with Crippen molar-refractivity contribution in [3.8, 4) is 11.8 Å². The average molecular weight is 279 g/mol. The summed E-state index contributed by atoms with van der Waals surface area (Å²) in [7, 11) is 0. The maximum atomic E-state index is 11.8. The van der Waals surface area contributed by atoms with Gasteiger partial charge in [0, 0.05) is 12.0 Å². The molecule has 0 aromatic heterocycles. The first kappa shape index (κ1) is 15.6. The van der Waals surface area contributed by atoms with E-state index in [9.17, 15) is 4.79 Å². The van der Waals surface area contributed by atoms with Crippen molar-refractivity contribution in [3.63, 3.8) is 0 Å². The Hall–Kier alpha value is -1.50. The van der Waals surface area contributed by atoms with Gasteiger partial charge in [-0.25, -0.2) is 0 Å². The topological polar surface area (TPSA) is 55.1 Å². The van der Waals surface area contributed by atoms with Gasteiger partial charge in [-0.1, -0.05) is 43.7 Å². The Balaban J connectivity index is 2.79. The number of nitrogens with two attached hydrogens (primary N) is 1. The fourth-order valence-electron chi connectivity index (χ4n) is 1.51. The van der Waals surface area contributed by atoms with Crippen molar-refractivity contribution in [3.05, 3.63) is 28.8 Å². The number of hydrogen-bond acceptors (Lipinski definition) is 2. The lowest BCUT2D eigenvalue weighted by Crippen LogP contribution is -2.15. The quantitative estimate of drug-likeness (QED) is 0.832. The van der Waals surface area contributed by atoms with Gasteiger partial charge in [-0.05, 0) is 24.1 Å². The number of hydrogen-bond donors (Lipinski definition) is 2. The summed E-state index contributed by atoms with van der Waals surface area (Å²) in [5.41, 5.74) is 6.71. The highest BCUT2D eigenvalue weighted by Crippen LogP contribution is 2.23. The zero-order chi connectivity index (χ0) is 14.3. The second kappa shape index (κ2) is 7.83. The smallest absolute Gasteiger partial charge is 0.224 e. The Morgan fingerprint density at radius 1 is 1.53 bits per heavy atom. The van der Waals surface area contributed by atoms with Gasteiger partial charge in [-0.15, -0.1) is 0 Å². The van der Waals surface area contributed by atoms with Crippen LogP contribution < -0.4 is 11.1 Å². The van der Waals surface area contributed by atoms with E-state index in [4.69, 9.17) is 17.3 Å². The number of nitrogens with one attached hydrogen (secondary N) is 1. The predicted octanol–water partition coefficient (Wildman–Crippen LogP) is 3.02. The number of carbonyl (C=O) groups is 1. The lowest BCUT2D eigenvalue weighted by molar-refractivity contribution is -0.117. The Labute approximate surface area is 119 Å². The van der Waals surface area contributed by atoms with Crippen molar-refractivity contribution in [2.24, 2.45) is 11.7 Å². The molecule has 0 bridgehead atoms. The number of halogens is 1. The third kappa shape index (κ3) is 5.34. The van der Waals surface area contributed by atoms with Gasteiger partial charge in [0.15, 0.2) is 0 Å². The molecular weight excluding hydrogens is 260 g/mol. The van der Waals surface area contributed by atoms with E-state index in [1.165, 1.54) is 0 Å². The SMILES string of the molecule is CCC(C)CC(=O)Nc1cc(C#CCN)ccc1Cl. The van der Waals surface area contributed by atoms with Crippen LogP contribution in [-0.2, 0) is 4.79 Å². The van der Waals surface area contributed by atoms with Crippen molar-refractivity contribution in [2.45, 2.75) is 26.7 Å². The minimum absolute atomic E-state index is 0.0276. The summed E-state index contributed by atoms with van der Waals surface area (Å²) in [6, 6.07) is 5.29. The molecule has 0 aliphatic heterocycles. The van der Waals surface area contributed by atoms with E-state index in [0.29, 0.717) is 29.6 Å². The lowest BCUT2D eigenvalue weighted by Gasteiger charge is -2.10. The molecule has 1 atom stereocenters. The van der Waals surface area contributed by atoms with Crippen LogP contribution in [0.5, 0.6) is 0 Å². The fraction of sp³-hybridized carbons (Fsp3) is 0.400. The van der Waals surface area contributed by atoms with E-state index in [1.54, 1.807) is 18.2 Å². The van der Waals surface area contributed by atoms with Crippen molar-refractivity contribution in [1.82, 2.24) is 0 Å². The van der Waals surface area contributed by atoms with Gasteiger partial charge < -0.3 is 11.1 Å². The molecule has 0 spiro atoms. The molecule has 19 heavy (non-hydrogen) atoms. The van der Waals surface area contributed by atoms with Gasteiger partial charge in [-0.3, -0.25) is 4.79 Å². The van der Waals surface area contributed by atoms with E-state index in [-0.39, 0.29) is 5.91 Å². The van der Waals surface area contributed by atoms with Crippen LogP contribution in [0, 0.1) is 17.8 Å². The summed E-state index contributed by atoms with van der Waals surface area (Å²) in [4.78, 5) is 11.8. The molecular formula is C15H19ClN2O. The van der Waals surface area contributed by atoms with Crippen LogP contribution in [0.4, 0.5) is 5.69 Å². The van der Waals surface area contributed by atoms with Crippen LogP contribution in [-0.4, -0.2) is 12.5 Å². The molecule has 0 saturated heterocycles. The van der Waals surface area contributed by atoms with Crippen LogP contribution in [0.15, 0.2) is 18.2 Å². The van der Waals surface area contributed by atoms with Crippen molar-refractivity contribution in [2.75, 3.05) is 11.9 Å². The molecule has 1 amide bonds. The summed E-state index contributed by atoms with van der Waals surface area (Å²) in [5.74, 6) is 6.01. The second-order valence-corrected chi connectivity index (χ2v) is 4.87. The number of rotatable bonds is 4. The van der Waals surface area contributed by atoms with E-state index in [2.05, 4.69) is 24.1 Å². The minimum atomic E-state index is -0.0276. The summed E-state index contributed by atoms with van der Waals surface area (Å²) in [5, 5.41) is 3.33. The number of carbonyl (C=O) groups excluding carboxylic acids is 1. The molecule has 1 aromatic rings. The van der Waals surface area contributed by atoms with Crippen LogP contribution in [0.25, 0.3) is 0 Å². The van der Waals surface area contributed by atoms with Crippen molar-refractivity contribution >= 4 is 23.2 Å². The highest BCUT2D eigenvalue weighted by Gasteiger charge is 2.09. The standard InChI is InChI=1S/C15H19ClN2O/c1-3-11(2)9-15(19)18-14-10-12(5-4-8-17)6-7-13(14)16/h6-7,10-11H,3,8-9,17H2,1-2H3,(H,18,19). The van der Waals surface area contributed by atoms with Gasteiger partial charge in [-0.2, -0.15) is 0 Å². The fourth-order valence-corrected chi connectivity index (χ4v) is 1.68. The highest BCUT2D eigenvalue weighted by atomic mass is 35.5. The van der Waals surface area contributed by atoms with Gasteiger partial charge in [0.1, 0.15) is 0 Å². The number of anilines is 1. The van der Waals surface area contributed by atoms with E-state index in [1.807, 2.05) is 6.92 Å². The average Bonchev–Trinajstić information content (AvgIpc) is 2.39. The maximum absolute atomic E-state index is 11.8. The van der Waals surface area contributed by atoms with E-state index in [0.717, 1.165) is 12.0 Å². The first-order valence-corrected chi connectivity index (χ1v) is 6.73. The summed E-state index contributed by atoms with van der Waals surface area (Å²) in [6.07, 6.45) is 1.47. The third-order valence-electron chi connectivity index (χ3n) is 2.81. The van der Waals surface area contributed by atoms with E-state index < -0.39 is 0 Å². The zero-order valence-corrected chi connectivity index (χ0v) is 12.1. The number of amides is 1. The molecule has 0 aliphatic rings. The zero-order valence-electron chi connectivity index (χ0n) is 11.3. The third-order valence-corrected chi connectivity index (χ3v) is 3.14. The lowest BCUT2D eigenvalue weighted by atomic mass is 10.0. The molecule has 1 unspecified atom stereocenters. The molecule has 1 aromatic carbocycles. The van der Waals surface area contributed by atoms with Crippen LogP contribution in [0.3, 0.4) is 0 Å². The summed E-state index contributed by atoms with van der Waals surface area (Å²) in [6.45, 7) is 4.41. The molecule has 0 radical (unpaired) electrons. The normalized spacial score (nSPS) is 11.4. The Kier molecular flexibility index (Phi) is 6.41. The van der Waals surface area contributed by atoms with Crippen molar-refractivity contribution < 1.29 is 4.79 Å². The Bertz CT molecular complexity index is 503.